The Hall–Kier alpha value is -1.89. The molecule has 1 unspecified atom stereocenters. The quantitative estimate of drug-likeness (QED) is 0.697. The van der Waals surface area contributed by atoms with Crippen molar-refractivity contribution in [3.63, 3.8) is 0 Å². The standard InChI is InChI=1S/C16H15N/c1-2-6-13(7-3-1)16-10-11-17-12-14-8-4-5-9-15(14)16/h1-9,12,16H,10-11H2. The van der Waals surface area contributed by atoms with Gasteiger partial charge in [-0.3, -0.25) is 4.99 Å². The van der Waals surface area contributed by atoms with Crippen LogP contribution in [0.3, 0.4) is 0 Å². The van der Waals surface area contributed by atoms with Crippen molar-refractivity contribution in [1.29, 1.82) is 0 Å². The summed E-state index contributed by atoms with van der Waals surface area (Å²) < 4.78 is 0. The van der Waals surface area contributed by atoms with Gasteiger partial charge in [0.1, 0.15) is 0 Å². The Labute approximate surface area is 102 Å². The fourth-order valence-corrected chi connectivity index (χ4v) is 2.50. The molecule has 0 fully saturated rings. The fourth-order valence-electron chi connectivity index (χ4n) is 2.50. The van der Waals surface area contributed by atoms with Crippen molar-refractivity contribution in [2.75, 3.05) is 6.54 Å². The Morgan fingerprint density at radius 1 is 0.882 bits per heavy atom. The topological polar surface area (TPSA) is 12.4 Å². The van der Waals surface area contributed by atoms with Crippen molar-refractivity contribution in [2.45, 2.75) is 12.3 Å². The van der Waals surface area contributed by atoms with Crippen LogP contribution < -0.4 is 0 Å². The summed E-state index contributed by atoms with van der Waals surface area (Å²) in [4.78, 5) is 4.46. The minimum atomic E-state index is 0.481. The molecular formula is C16H15N. The lowest BCUT2D eigenvalue weighted by Gasteiger charge is -2.17. The summed E-state index contributed by atoms with van der Waals surface area (Å²) in [5.74, 6) is 0.481. The third kappa shape index (κ3) is 2.01. The molecule has 0 bridgehead atoms. The second kappa shape index (κ2) is 4.54. The summed E-state index contributed by atoms with van der Waals surface area (Å²) in [5.41, 5.74) is 4.06. The van der Waals surface area contributed by atoms with Crippen LogP contribution in [0, 0.1) is 0 Å². The SMILES string of the molecule is C1=NCCC(c2ccccc2)c2ccccc21. The molecule has 2 aromatic carbocycles. The highest BCUT2D eigenvalue weighted by molar-refractivity contribution is 5.82. The number of hydrogen-bond donors (Lipinski definition) is 0. The zero-order valence-electron chi connectivity index (χ0n) is 9.71. The molecule has 1 aliphatic rings. The van der Waals surface area contributed by atoms with Gasteiger partial charge in [0.15, 0.2) is 0 Å². The predicted octanol–water partition coefficient (Wildman–Crippen LogP) is 3.64. The molecule has 1 heterocycles. The van der Waals surface area contributed by atoms with Crippen LogP contribution in [0.15, 0.2) is 59.6 Å². The monoisotopic (exact) mass is 221 g/mol. The van der Waals surface area contributed by atoms with Crippen LogP contribution in [0.1, 0.15) is 29.0 Å². The largest absolute Gasteiger partial charge is 0.293 e. The van der Waals surface area contributed by atoms with E-state index in [9.17, 15) is 0 Å². The van der Waals surface area contributed by atoms with E-state index in [1.165, 1.54) is 16.7 Å². The van der Waals surface area contributed by atoms with E-state index in [0.29, 0.717) is 5.92 Å². The summed E-state index contributed by atoms with van der Waals surface area (Å²) in [6.45, 7) is 0.911. The molecule has 0 saturated carbocycles. The highest BCUT2D eigenvalue weighted by Gasteiger charge is 2.17. The average molecular weight is 221 g/mol. The maximum absolute atomic E-state index is 4.46. The second-order valence-corrected chi connectivity index (χ2v) is 4.42. The highest BCUT2D eigenvalue weighted by Crippen LogP contribution is 2.31. The van der Waals surface area contributed by atoms with E-state index in [2.05, 4.69) is 59.6 Å². The smallest absolute Gasteiger partial charge is 0.0398 e. The van der Waals surface area contributed by atoms with Crippen LogP contribution in [0.4, 0.5) is 0 Å². The zero-order chi connectivity index (χ0) is 11.5. The van der Waals surface area contributed by atoms with Crippen molar-refractivity contribution in [3.8, 4) is 0 Å². The maximum atomic E-state index is 4.46. The first-order chi connectivity index (χ1) is 8.45. The first kappa shape index (κ1) is 10.3. The Morgan fingerprint density at radius 2 is 1.65 bits per heavy atom. The van der Waals surface area contributed by atoms with Crippen LogP contribution >= 0.6 is 0 Å². The van der Waals surface area contributed by atoms with Crippen molar-refractivity contribution < 1.29 is 0 Å². The van der Waals surface area contributed by atoms with Crippen LogP contribution in [0.2, 0.25) is 0 Å². The predicted molar refractivity (Wildman–Crippen MR) is 71.8 cm³/mol. The molecule has 84 valence electrons. The van der Waals surface area contributed by atoms with Gasteiger partial charge in [-0.1, -0.05) is 54.6 Å². The van der Waals surface area contributed by atoms with Gasteiger partial charge in [0, 0.05) is 18.7 Å². The van der Waals surface area contributed by atoms with E-state index < -0.39 is 0 Å². The van der Waals surface area contributed by atoms with Crippen molar-refractivity contribution in [2.24, 2.45) is 4.99 Å². The molecule has 17 heavy (non-hydrogen) atoms. The molecule has 1 atom stereocenters. The molecule has 3 rings (SSSR count). The van der Waals surface area contributed by atoms with E-state index in [0.717, 1.165) is 13.0 Å². The first-order valence-electron chi connectivity index (χ1n) is 6.09. The Morgan fingerprint density at radius 3 is 2.53 bits per heavy atom. The minimum absolute atomic E-state index is 0.481. The Balaban J connectivity index is 2.09. The molecular weight excluding hydrogens is 206 g/mol. The lowest BCUT2D eigenvalue weighted by molar-refractivity contribution is 0.735. The van der Waals surface area contributed by atoms with E-state index in [4.69, 9.17) is 0 Å². The van der Waals surface area contributed by atoms with Gasteiger partial charge in [-0.25, -0.2) is 0 Å². The van der Waals surface area contributed by atoms with Gasteiger partial charge in [-0.05, 0) is 23.1 Å². The second-order valence-electron chi connectivity index (χ2n) is 4.42. The van der Waals surface area contributed by atoms with E-state index >= 15 is 0 Å². The molecule has 0 N–H and O–H groups in total. The Kier molecular flexibility index (Phi) is 2.74. The van der Waals surface area contributed by atoms with Gasteiger partial charge in [0.05, 0.1) is 0 Å². The molecule has 0 aromatic heterocycles. The van der Waals surface area contributed by atoms with Crippen molar-refractivity contribution >= 4 is 6.21 Å². The highest BCUT2D eigenvalue weighted by atomic mass is 14.7. The van der Waals surface area contributed by atoms with E-state index in [1.807, 2.05) is 6.21 Å². The van der Waals surface area contributed by atoms with Gasteiger partial charge in [-0.2, -0.15) is 0 Å². The van der Waals surface area contributed by atoms with Gasteiger partial charge in [0.2, 0.25) is 0 Å². The van der Waals surface area contributed by atoms with Crippen LogP contribution in [0.25, 0.3) is 0 Å². The molecule has 0 aliphatic carbocycles. The Bertz CT molecular complexity index is 528. The van der Waals surface area contributed by atoms with Gasteiger partial charge < -0.3 is 0 Å². The summed E-state index contributed by atoms with van der Waals surface area (Å²) in [6.07, 6.45) is 3.11. The summed E-state index contributed by atoms with van der Waals surface area (Å²) >= 11 is 0. The number of rotatable bonds is 1. The van der Waals surface area contributed by atoms with E-state index in [-0.39, 0.29) is 0 Å². The lowest BCUT2D eigenvalue weighted by Crippen LogP contribution is -2.03. The zero-order valence-corrected chi connectivity index (χ0v) is 9.71. The summed E-state index contributed by atoms with van der Waals surface area (Å²) in [6, 6.07) is 19.3. The molecule has 0 saturated heterocycles. The molecule has 2 aromatic rings. The molecule has 1 heteroatoms. The molecule has 1 nitrogen and oxygen atoms in total. The third-order valence-corrected chi connectivity index (χ3v) is 3.35. The van der Waals surface area contributed by atoms with Gasteiger partial charge >= 0.3 is 0 Å². The number of aliphatic imine (C=N–C) groups is 1. The van der Waals surface area contributed by atoms with Crippen molar-refractivity contribution in [3.05, 3.63) is 71.3 Å². The minimum Gasteiger partial charge on any atom is -0.293 e. The van der Waals surface area contributed by atoms with Crippen LogP contribution in [-0.4, -0.2) is 12.8 Å². The van der Waals surface area contributed by atoms with Gasteiger partial charge in [0.25, 0.3) is 0 Å². The number of benzene rings is 2. The molecule has 1 aliphatic heterocycles. The summed E-state index contributed by atoms with van der Waals surface area (Å²) in [7, 11) is 0. The maximum Gasteiger partial charge on any atom is 0.0398 e. The number of nitrogens with zero attached hydrogens (tertiary/aromatic N) is 1. The normalized spacial score (nSPS) is 18.5. The van der Waals surface area contributed by atoms with Gasteiger partial charge in [-0.15, -0.1) is 0 Å². The van der Waals surface area contributed by atoms with Crippen LogP contribution in [-0.2, 0) is 0 Å². The lowest BCUT2D eigenvalue weighted by atomic mass is 9.87. The van der Waals surface area contributed by atoms with Crippen LogP contribution in [0.5, 0.6) is 0 Å². The number of hydrogen-bond acceptors (Lipinski definition) is 1. The first-order valence-corrected chi connectivity index (χ1v) is 6.09. The number of fused-ring (bicyclic) bond motifs is 1. The average Bonchev–Trinajstić information content (AvgIpc) is 2.62. The third-order valence-electron chi connectivity index (χ3n) is 3.35. The molecule has 0 amide bonds. The molecule has 0 spiro atoms. The summed E-state index contributed by atoms with van der Waals surface area (Å²) in [5, 5.41) is 0. The van der Waals surface area contributed by atoms with E-state index in [1.54, 1.807) is 0 Å². The molecule has 0 radical (unpaired) electrons. The fraction of sp³-hybridized carbons (Fsp3) is 0.188. The van der Waals surface area contributed by atoms with Crippen molar-refractivity contribution in [1.82, 2.24) is 0 Å².